The van der Waals surface area contributed by atoms with Crippen molar-refractivity contribution in [3.05, 3.63) is 81.5 Å². The van der Waals surface area contributed by atoms with Gasteiger partial charge in [-0.15, -0.1) is 12.4 Å². The van der Waals surface area contributed by atoms with E-state index in [1.807, 2.05) is 23.9 Å². The zero-order valence-electron chi connectivity index (χ0n) is 22.0. The number of hydrogen-bond donors (Lipinski definition) is 3. The average molecular weight is 607 g/mol. The summed E-state index contributed by atoms with van der Waals surface area (Å²) in [5, 5.41) is 16.2. The molecule has 3 aromatic rings. The Hall–Kier alpha value is -3.37. The van der Waals surface area contributed by atoms with Gasteiger partial charge in [0.2, 0.25) is 5.91 Å². The molecule has 212 valence electrons. The molecule has 1 saturated heterocycles. The highest BCUT2D eigenvalue weighted by atomic mass is 35.5. The molecule has 0 aliphatic carbocycles. The molecule has 1 fully saturated rings. The lowest BCUT2D eigenvalue weighted by Gasteiger charge is -2.33. The Morgan fingerprint density at radius 3 is 2.42 bits per heavy atom. The van der Waals surface area contributed by atoms with Crippen LogP contribution in [0.5, 0.6) is 5.75 Å². The fourth-order valence-electron chi connectivity index (χ4n) is 4.38. The van der Waals surface area contributed by atoms with Crippen LogP contribution in [0.4, 0.5) is 11.5 Å². The third-order valence-corrected chi connectivity index (χ3v) is 6.90. The van der Waals surface area contributed by atoms with Crippen LogP contribution >= 0.6 is 35.6 Å². The highest BCUT2D eigenvalue weighted by molar-refractivity contribution is 6.32. The van der Waals surface area contributed by atoms with E-state index in [0.717, 1.165) is 31.5 Å². The lowest BCUT2D eigenvalue weighted by molar-refractivity contribution is -0.135. The maximum absolute atomic E-state index is 13.1. The first-order valence-corrected chi connectivity index (χ1v) is 13.2. The van der Waals surface area contributed by atoms with Crippen molar-refractivity contribution in [3.63, 3.8) is 0 Å². The van der Waals surface area contributed by atoms with Gasteiger partial charge in [0, 0.05) is 42.5 Å². The molecule has 12 heteroatoms. The number of anilines is 2. The van der Waals surface area contributed by atoms with Gasteiger partial charge in [-0.2, -0.15) is 0 Å². The van der Waals surface area contributed by atoms with Gasteiger partial charge in [-0.3, -0.25) is 14.4 Å². The SMILES string of the molecule is CN(C)CCN1CCCC(c2ccc(C(=O)Nc3c(O)cc(Cl)cc3C(=O)Nc3ccc(Cl)cn3)cc2)C1=O.Cl. The number of hydrogen-bond acceptors (Lipinski definition) is 6. The van der Waals surface area contributed by atoms with E-state index in [0.29, 0.717) is 17.1 Å². The molecule has 0 bridgehead atoms. The quantitative estimate of drug-likeness (QED) is 0.300. The van der Waals surface area contributed by atoms with Crippen molar-refractivity contribution < 1.29 is 19.5 Å². The van der Waals surface area contributed by atoms with Crippen molar-refractivity contribution in [2.45, 2.75) is 18.8 Å². The Bertz CT molecular complexity index is 1370. The van der Waals surface area contributed by atoms with E-state index in [-0.39, 0.29) is 52.1 Å². The number of carbonyl (C=O) groups excluding carboxylic acids is 3. The van der Waals surface area contributed by atoms with Gasteiger partial charge in [0.05, 0.1) is 22.2 Å². The molecule has 1 atom stereocenters. The van der Waals surface area contributed by atoms with Crippen molar-refractivity contribution in [3.8, 4) is 5.75 Å². The third kappa shape index (κ3) is 7.63. The Morgan fingerprint density at radius 2 is 1.77 bits per heavy atom. The number of aromatic nitrogens is 1. The van der Waals surface area contributed by atoms with Crippen molar-refractivity contribution in [2.24, 2.45) is 0 Å². The van der Waals surface area contributed by atoms with Crippen LogP contribution in [0.25, 0.3) is 0 Å². The zero-order chi connectivity index (χ0) is 28.1. The summed E-state index contributed by atoms with van der Waals surface area (Å²) >= 11 is 11.9. The number of phenols is 1. The van der Waals surface area contributed by atoms with E-state index in [4.69, 9.17) is 23.2 Å². The number of nitrogens with one attached hydrogen (secondary N) is 2. The zero-order valence-corrected chi connectivity index (χ0v) is 24.3. The van der Waals surface area contributed by atoms with E-state index in [1.54, 1.807) is 30.3 Å². The van der Waals surface area contributed by atoms with Gasteiger partial charge in [-0.25, -0.2) is 4.98 Å². The van der Waals surface area contributed by atoms with E-state index >= 15 is 0 Å². The molecule has 1 aliphatic heterocycles. The van der Waals surface area contributed by atoms with Crippen LogP contribution in [-0.4, -0.2) is 71.3 Å². The maximum atomic E-state index is 13.1. The molecule has 0 saturated carbocycles. The number of carbonyl (C=O) groups is 3. The molecule has 40 heavy (non-hydrogen) atoms. The van der Waals surface area contributed by atoms with Gasteiger partial charge < -0.3 is 25.5 Å². The number of benzene rings is 2. The monoisotopic (exact) mass is 605 g/mol. The van der Waals surface area contributed by atoms with Gasteiger partial charge in [0.15, 0.2) is 0 Å². The molecule has 2 aromatic carbocycles. The number of phenolic OH excluding ortho intramolecular Hbond substituents is 1. The van der Waals surface area contributed by atoms with E-state index in [9.17, 15) is 19.5 Å². The smallest absolute Gasteiger partial charge is 0.259 e. The van der Waals surface area contributed by atoms with E-state index in [1.165, 1.54) is 24.4 Å². The number of piperidine rings is 1. The second kappa shape index (κ2) is 13.8. The Kier molecular flexibility index (Phi) is 10.8. The summed E-state index contributed by atoms with van der Waals surface area (Å²) in [5.74, 6) is -1.47. The molecular formula is C28H30Cl3N5O4. The number of halogens is 3. The lowest BCUT2D eigenvalue weighted by atomic mass is 9.89. The standard InChI is InChI=1S/C28H29Cl2N5O4.ClH/c1-34(2)12-13-35-11-3-4-21(28(35)39)17-5-7-18(8-6-17)26(37)33-25-22(14-20(30)15-23(25)36)27(38)32-24-10-9-19(29)16-31-24;/h5-10,14-16,21,36H,3-4,11-13H2,1-2H3,(H,33,37)(H,31,32,38);1H. The highest BCUT2D eigenvalue weighted by Crippen LogP contribution is 2.33. The molecule has 4 rings (SSSR count). The van der Waals surface area contributed by atoms with Crippen LogP contribution in [0, 0.1) is 0 Å². The molecular weight excluding hydrogens is 577 g/mol. The summed E-state index contributed by atoms with van der Waals surface area (Å²) in [4.78, 5) is 47.1. The Balaban J connectivity index is 0.00000441. The molecule has 3 N–H and O–H groups in total. The largest absolute Gasteiger partial charge is 0.506 e. The van der Waals surface area contributed by atoms with Gasteiger partial charge in [-0.1, -0.05) is 35.3 Å². The summed E-state index contributed by atoms with van der Waals surface area (Å²) in [5.41, 5.74) is 0.994. The first-order chi connectivity index (χ1) is 18.6. The van der Waals surface area contributed by atoms with Crippen molar-refractivity contribution in [1.29, 1.82) is 0 Å². The predicted octanol–water partition coefficient (Wildman–Crippen LogP) is 5.29. The molecule has 3 amide bonds. The Labute approximate surface area is 248 Å². The summed E-state index contributed by atoms with van der Waals surface area (Å²) in [6, 6.07) is 12.4. The van der Waals surface area contributed by atoms with E-state index in [2.05, 4.69) is 15.6 Å². The normalized spacial score (nSPS) is 15.0. The van der Waals surface area contributed by atoms with Gasteiger partial charge in [0.25, 0.3) is 11.8 Å². The minimum absolute atomic E-state index is 0. The van der Waals surface area contributed by atoms with Crippen LogP contribution in [0.2, 0.25) is 10.0 Å². The number of amides is 3. The fraction of sp³-hybridized carbons (Fsp3) is 0.286. The molecule has 0 spiro atoms. The average Bonchev–Trinajstić information content (AvgIpc) is 2.90. The van der Waals surface area contributed by atoms with E-state index < -0.39 is 11.8 Å². The maximum Gasteiger partial charge on any atom is 0.259 e. The predicted molar refractivity (Wildman–Crippen MR) is 159 cm³/mol. The van der Waals surface area contributed by atoms with Crippen LogP contribution in [-0.2, 0) is 4.79 Å². The topological polar surface area (TPSA) is 115 Å². The van der Waals surface area contributed by atoms with Crippen LogP contribution in [0.1, 0.15) is 45.0 Å². The van der Waals surface area contributed by atoms with Crippen LogP contribution in [0.3, 0.4) is 0 Å². The van der Waals surface area contributed by atoms with Crippen LogP contribution in [0.15, 0.2) is 54.7 Å². The summed E-state index contributed by atoms with van der Waals surface area (Å²) in [7, 11) is 3.96. The van der Waals surface area contributed by atoms with Gasteiger partial charge >= 0.3 is 0 Å². The third-order valence-electron chi connectivity index (χ3n) is 6.46. The number of likely N-dealkylation sites (tertiary alicyclic amines) is 1. The fourth-order valence-corrected chi connectivity index (χ4v) is 4.71. The first kappa shape index (κ1) is 31.2. The summed E-state index contributed by atoms with van der Waals surface area (Å²) in [6.45, 7) is 2.22. The summed E-state index contributed by atoms with van der Waals surface area (Å²) in [6.07, 6.45) is 3.04. The second-order valence-corrected chi connectivity index (χ2v) is 10.4. The van der Waals surface area contributed by atoms with Crippen molar-refractivity contribution in [1.82, 2.24) is 14.8 Å². The molecule has 1 aliphatic rings. The van der Waals surface area contributed by atoms with Gasteiger partial charge in [-0.05, 0) is 62.8 Å². The number of pyridine rings is 1. The molecule has 2 heterocycles. The van der Waals surface area contributed by atoms with Crippen molar-refractivity contribution in [2.75, 3.05) is 44.4 Å². The number of nitrogens with zero attached hydrogens (tertiary/aromatic N) is 3. The lowest BCUT2D eigenvalue weighted by Crippen LogP contribution is -2.43. The Morgan fingerprint density at radius 1 is 1.05 bits per heavy atom. The van der Waals surface area contributed by atoms with Crippen molar-refractivity contribution >= 4 is 64.8 Å². The van der Waals surface area contributed by atoms with Gasteiger partial charge in [0.1, 0.15) is 11.6 Å². The molecule has 0 radical (unpaired) electrons. The molecule has 9 nitrogen and oxygen atoms in total. The number of rotatable bonds is 8. The molecule has 1 unspecified atom stereocenters. The molecule has 1 aromatic heterocycles. The number of aromatic hydroxyl groups is 1. The summed E-state index contributed by atoms with van der Waals surface area (Å²) < 4.78 is 0. The first-order valence-electron chi connectivity index (χ1n) is 12.4. The second-order valence-electron chi connectivity index (χ2n) is 9.56. The minimum atomic E-state index is -0.636. The highest BCUT2D eigenvalue weighted by Gasteiger charge is 2.30. The van der Waals surface area contributed by atoms with Crippen LogP contribution < -0.4 is 10.6 Å². The minimum Gasteiger partial charge on any atom is -0.506 e. The number of likely N-dealkylation sites (N-methyl/N-ethyl adjacent to an activating group) is 1.